The van der Waals surface area contributed by atoms with Gasteiger partial charge in [0.2, 0.25) is 17.6 Å². The van der Waals surface area contributed by atoms with E-state index in [2.05, 4.69) is 52.9 Å². The predicted molar refractivity (Wildman–Crippen MR) is 135 cm³/mol. The number of benzene rings is 1. The first-order chi connectivity index (χ1) is 17.5. The Morgan fingerprint density at radius 1 is 1.11 bits per heavy atom. The zero-order chi connectivity index (χ0) is 26.5. The third-order valence-corrected chi connectivity index (χ3v) is 7.57. The van der Waals surface area contributed by atoms with E-state index in [1.54, 1.807) is 12.4 Å². The molecule has 2 aromatic heterocycles. The third kappa shape index (κ3) is 4.19. The van der Waals surface area contributed by atoms with Gasteiger partial charge in [0.05, 0.1) is 0 Å². The van der Waals surface area contributed by atoms with Gasteiger partial charge in [-0.05, 0) is 30.2 Å². The van der Waals surface area contributed by atoms with Gasteiger partial charge in [-0.1, -0.05) is 50.2 Å². The van der Waals surface area contributed by atoms with Crippen LogP contribution in [0, 0.1) is 5.41 Å². The number of rotatable bonds is 7. The highest BCUT2D eigenvalue weighted by Crippen LogP contribution is 2.50. The van der Waals surface area contributed by atoms with Crippen LogP contribution in [0.5, 0.6) is 0 Å². The molecule has 0 spiro atoms. The first-order valence-corrected chi connectivity index (χ1v) is 12.4. The Kier molecular flexibility index (Phi) is 6.12. The number of likely N-dealkylation sites (N-methyl/N-ethyl adjacent to an activating group) is 1. The second-order valence-electron chi connectivity index (χ2n) is 10.8. The van der Waals surface area contributed by atoms with Crippen molar-refractivity contribution in [1.29, 1.82) is 0 Å². The van der Waals surface area contributed by atoms with E-state index in [4.69, 9.17) is 4.52 Å². The van der Waals surface area contributed by atoms with E-state index in [0.717, 1.165) is 23.6 Å². The fourth-order valence-electron chi connectivity index (χ4n) is 5.49. The Morgan fingerprint density at radius 2 is 1.81 bits per heavy atom. The van der Waals surface area contributed by atoms with E-state index in [9.17, 15) is 14.7 Å². The van der Waals surface area contributed by atoms with Crippen molar-refractivity contribution >= 4 is 11.9 Å². The smallest absolute Gasteiger partial charge is 0.327 e. The van der Waals surface area contributed by atoms with Crippen LogP contribution in [0.25, 0.3) is 11.4 Å². The van der Waals surface area contributed by atoms with E-state index < -0.39 is 17.0 Å². The Bertz CT molecular complexity index is 1330. The molecule has 2 saturated heterocycles. The van der Waals surface area contributed by atoms with Crippen LogP contribution in [-0.4, -0.2) is 80.6 Å². The van der Waals surface area contributed by atoms with Crippen molar-refractivity contribution in [2.75, 3.05) is 33.7 Å². The van der Waals surface area contributed by atoms with Crippen LogP contribution in [0.3, 0.4) is 0 Å². The maximum atomic E-state index is 12.4. The second-order valence-corrected chi connectivity index (χ2v) is 10.8. The molecule has 3 amide bonds. The lowest BCUT2D eigenvalue weighted by Gasteiger charge is -2.55. The molecule has 2 fully saturated rings. The maximum Gasteiger partial charge on any atom is 0.327 e. The summed E-state index contributed by atoms with van der Waals surface area (Å²) in [4.78, 5) is 37.5. The summed E-state index contributed by atoms with van der Waals surface area (Å²) in [6.45, 7) is 7.84. The summed E-state index contributed by atoms with van der Waals surface area (Å²) in [5.74, 6) is 0.616. The van der Waals surface area contributed by atoms with Crippen molar-refractivity contribution in [3.05, 3.63) is 65.3 Å². The molecule has 0 saturated carbocycles. The van der Waals surface area contributed by atoms with Crippen LogP contribution in [0.15, 0.2) is 47.2 Å². The molecule has 3 aromatic rings. The minimum Gasteiger partial charge on any atom is -0.380 e. The molecule has 10 nitrogen and oxygen atoms in total. The van der Waals surface area contributed by atoms with Gasteiger partial charge in [-0.2, -0.15) is 4.98 Å². The minimum atomic E-state index is -1.29. The van der Waals surface area contributed by atoms with Gasteiger partial charge in [0.15, 0.2) is 0 Å². The van der Waals surface area contributed by atoms with Gasteiger partial charge in [0, 0.05) is 49.1 Å². The van der Waals surface area contributed by atoms with E-state index in [-0.39, 0.29) is 24.9 Å². The Hall–Kier alpha value is -3.63. The predicted octanol–water partition coefficient (Wildman–Crippen LogP) is 2.84. The van der Waals surface area contributed by atoms with Crippen molar-refractivity contribution in [1.82, 2.24) is 29.8 Å². The van der Waals surface area contributed by atoms with E-state index >= 15 is 0 Å². The zero-order valence-corrected chi connectivity index (χ0v) is 21.8. The van der Waals surface area contributed by atoms with E-state index in [1.807, 2.05) is 25.2 Å². The normalized spacial score (nSPS) is 19.4. The SMILES string of the molecule is CC(C)c1ccc(C(O)(c2cncc(-c3noc(CN4CC(=O)N(C)C4=O)n3)c2)C2(C)CN(C)C2)cc1. The summed E-state index contributed by atoms with van der Waals surface area (Å²) in [7, 11) is 3.48. The third-order valence-electron chi connectivity index (χ3n) is 7.57. The average Bonchev–Trinajstić information content (AvgIpc) is 3.43. The van der Waals surface area contributed by atoms with Gasteiger partial charge in [0.1, 0.15) is 18.7 Å². The quantitative estimate of drug-likeness (QED) is 0.489. The molecule has 1 unspecified atom stereocenters. The molecule has 5 rings (SSSR count). The largest absolute Gasteiger partial charge is 0.380 e. The highest BCUT2D eigenvalue weighted by Gasteiger charge is 2.55. The highest BCUT2D eigenvalue weighted by atomic mass is 16.5. The molecule has 4 heterocycles. The molecule has 194 valence electrons. The van der Waals surface area contributed by atoms with Crippen LogP contribution in [0.4, 0.5) is 4.79 Å². The average molecular weight is 505 g/mol. The number of likely N-dealkylation sites (tertiary alicyclic amines) is 1. The molecule has 2 aliphatic heterocycles. The summed E-state index contributed by atoms with van der Waals surface area (Å²) in [6.07, 6.45) is 3.31. The Labute approximate surface area is 215 Å². The van der Waals surface area contributed by atoms with E-state index in [0.29, 0.717) is 22.9 Å². The number of aliphatic hydroxyl groups is 1. The highest BCUT2D eigenvalue weighted by molar-refractivity contribution is 6.01. The van der Waals surface area contributed by atoms with Gasteiger partial charge >= 0.3 is 6.03 Å². The maximum absolute atomic E-state index is 12.4. The lowest BCUT2D eigenvalue weighted by molar-refractivity contribution is -0.127. The fraction of sp³-hybridized carbons (Fsp3) is 0.444. The van der Waals surface area contributed by atoms with Crippen molar-refractivity contribution in [2.24, 2.45) is 5.41 Å². The minimum absolute atomic E-state index is 0.0280. The van der Waals surface area contributed by atoms with Gasteiger partial charge in [0.25, 0.3) is 0 Å². The number of urea groups is 1. The molecular formula is C27H32N6O4. The number of carbonyl (C=O) groups is 2. The lowest BCUT2D eigenvalue weighted by Crippen LogP contribution is -2.63. The molecule has 1 aromatic carbocycles. The molecule has 0 aliphatic carbocycles. The summed E-state index contributed by atoms with van der Waals surface area (Å²) in [5, 5.41) is 16.5. The lowest BCUT2D eigenvalue weighted by atomic mass is 9.62. The molecule has 2 aliphatic rings. The van der Waals surface area contributed by atoms with Crippen LogP contribution in [0.2, 0.25) is 0 Å². The Morgan fingerprint density at radius 3 is 2.41 bits per heavy atom. The standard InChI is InChI=1S/C27H32N6O4/c1-17(2)18-6-8-20(9-7-18)27(36,26(3)15-31(4)16-26)21-10-19(11-28-12-21)24-29-22(37-30-24)13-33-14-23(34)32(5)25(33)35/h6-12,17,36H,13-16H2,1-5H3. The molecule has 10 heteroatoms. The molecule has 1 N–H and O–H groups in total. The van der Waals surface area contributed by atoms with Gasteiger partial charge in [-0.3, -0.25) is 14.7 Å². The zero-order valence-electron chi connectivity index (χ0n) is 21.8. The summed E-state index contributed by atoms with van der Waals surface area (Å²) in [6, 6.07) is 9.59. The first kappa shape index (κ1) is 25.0. The second kappa shape index (κ2) is 9.04. The number of nitrogens with zero attached hydrogens (tertiary/aromatic N) is 6. The number of pyridine rings is 1. The number of amides is 3. The summed E-state index contributed by atoms with van der Waals surface area (Å²) >= 11 is 0. The molecule has 0 radical (unpaired) electrons. The monoisotopic (exact) mass is 504 g/mol. The van der Waals surface area contributed by atoms with Crippen LogP contribution in [0.1, 0.15) is 49.3 Å². The topological polar surface area (TPSA) is 116 Å². The molecule has 1 atom stereocenters. The summed E-state index contributed by atoms with van der Waals surface area (Å²) < 4.78 is 5.38. The van der Waals surface area contributed by atoms with Gasteiger partial charge in [-0.25, -0.2) is 4.79 Å². The molecule has 0 bridgehead atoms. The number of carbonyl (C=O) groups excluding carboxylic acids is 2. The number of hydrogen-bond acceptors (Lipinski definition) is 8. The van der Waals surface area contributed by atoms with Crippen LogP contribution < -0.4 is 0 Å². The van der Waals surface area contributed by atoms with Crippen molar-refractivity contribution in [3.8, 4) is 11.4 Å². The first-order valence-electron chi connectivity index (χ1n) is 12.4. The summed E-state index contributed by atoms with van der Waals surface area (Å²) in [5.41, 5.74) is 1.52. The van der Waals surface area contributed by atoms with E-state index in [1.165, 1.54) is 17.5 Å². The fourth-order valence-corrected chi connectivity index (χ4v) is 5.49. The molecular weight excluding hydrogens is 472 g/mol. The Balaban J connectivity index is 1.48. The van der Waals surface area contributed by atoms with Crippen LogP contribution in [-0.2, 0) is 16.9 Å². The number of imide groups is 1. The van der Waals surface area contributed by atoms with Crippen molar-refractivity contribution in [2.45, 2.75) is 38.8 Å². The van der Waals surface area contributed by atoms with Crippen LogP contribution >= 0.6 is 0 Å². The number of hydrogen-bond donors (Lipinski definition) is 1. The van der Waals surface area contributed by atoms with Gasteiger partial charge in [-0.15, -0.1) is 0 Å². The van der Waals surface area contributed by atoms with Crippen molar-refractivity contribution in [3.63, 3.8) is 0 Å². The van der Waals surface area contributed by atoms with Gasteiger partial charge < -0.3 is 19.4 Å². The van der Waals surface area contributed by atoms with Crippen molar-refractivity contribution < 1.29 is 19.2 Å². The number of aromatic nitrogens is 3. The molecule has 37 heavy (non-hydrogen) atoms.